The molecule has 0 saturated carbocycles. The summed E-state index contributed by atoms with van der Waals surface area (Å²) in [7, 11) is -3.71. The minimum atomic E-state index is -3.71. The molecule has 1 unspecified atom stereocenters. The van der Waals surface area contributed by atoms with Crippen molar-refractivity contribution in [1.82, 2.24) is 9.71 Å². The van der Waals surface area contributed by atoms with E-state index < -0.39 is 16.1 Å². The minimum Gasteiger partial charge on any atom is -0.395 e. The van der Waals surface area contributed by atoms with Gasteiger partial charge in [0.05, 0.1) is 6.61 Å². The Morgan fingerprint density at radius 3 is 2.81 bits per heavy atom. The fraction of sp³-hybridized carbons (Fsp3) is 0.444. The number of sulfonamides is 1. The van der Waals surface area contributed by atoms with Gasteiger partial charge in [0.15, 0.2) is 0 Å². The lowest BCUT2D eigenvalue weighted by Crippen LogP contribution is -2.37. The number of pyridine rings is 1. The molecular formula is C9H15N3O3S. The number of aromatic nitrogens is 1. The summed E-state index contributed by atoms with van der Waals surface area (Å²) in [5.74, 6) is -0.0530. The van der Waals surface area contributed by atoms with Crippen LogP contribution in [-0.2, 0) is 10.0 Å². The Balaban J connectivity index is 2.99. The van der Waals surface area contributed by atoms with Crippen LogP contribution in [0.25, 0.3) is 0 Å². The maximum absolute atomic E-state index is 11.8. The third-order valence-electron chi connectivity index (χ3n) is 2.12. The molecule has 90 valence electrons. The number of nitrogens with zero attached hydrogens (tertiary/aromatic N) is 1. The van der Waals surface area contributed by atoms with Crippen LogP contribution < -0.4 is 10.5 Å². The number of nitrogen functional groups attached to an aromatic ring is 1. The van der Waals surface area contributed by atoms with Crippen molar-refractivity contribution in [3.63, 3.8) is 0 Å². The van der Waals surface area contributed by atoms with E-state index in [1.807, 2.05) is 0 Å². The number of nitrogens with one attached hydrogen (secondary N) is 1. The molecule has 16 heavy (non-hydrogen) atoms. The number of aliphatic hydroxyl groups excluding tert-OH is 1. The third kappa shape index (κ3) is 2.91. The Bertz CT molecular complexity index is 443. The average Bonchev–Trinajstić information content (AvgIpc) is 2.26. The van der Waals surface area contributed by atoms with Gasteiger partial charge >= 0.3 is 0 Å². The zero-order chi connectivity index (χ0) is 12.2. The molecule has 0 radical (unpaired) electrons. The summed E-state index contributed by atoms with van der Waals surface area (Å²) in [6, 6.07) is 2.35. The molecule has 0 fully saturated rings. The summed E-state index contributed by atoms with van der Waals surface area (Å²) in [5, 5.41) is 8.93. The third-order valence-corrected chi connectivity index (χ3v) is 3.69. The van der Waals surface area contributed by atoms with Crippen LogP contribution in [0.1, 0.15) is 13.3 Å². The Hall–Kier alpha value is -1.18. The second-order valence-corrected chi connectivity index (χ2v) is 4.98. The number of rotatable bonds is 5. The molecule has 0 aliphatic heterocycles. The minimum absolute atomic E-state index is 0.0530. The first-order valence-corrected chi connectivity index (χ1v) is 6.33. The fourth-order valence-electron chi connectivity index (χ4n) is 1.16. The molecule has 1 atom stereocenters. The standard InChI is InChI=1S/C9H15N3O3S/c1-2-7(6-13)12-16(14,15)8-4-3-5-11-9(8)10/h3-5,7,12-13H,2,6H2,1H3,(H2,10,11). The van der Waals surface area contributed by atoms with Gasteiger partial charge in [0.2, 0.25) is 10.0 Å². The average molecular weight is 245 g/mol. The molecule has 7 heteroatoms. The van der Waals surface area contributed by atoms with Crippen LogP contribution in [0.4, 0.5) is 5.82 Å². The van der Waals surface area contributed by atoms with Crippen LogP contribution in [0, 0.1) is 0 Å². The largest absolute Gasteiger partial charge is 0.395 e. The lowest BCUT2D eigenvalue weighted by molar-refractivity contribution is 0.254. The molecular weight excluding hydrogens is 230 g/mol. The first-order valence-electron chi connectivity index (χ1n) is 4.85. The highest BCUT2D eigenvalue weighted by Crippen LogP contribution is 2.14. The molecule has 0 spiro atoms. The van der Waals surface area contributed by atoms with Crippen molar-refractivity contribution < 1.29 is 13.5 Å². The SMILES string of the molecule is CCC(CO)NS(=O)(=O)c1cccnc1N. The van der Waals surface area contributed by atoms with Crippen molar-refractivity contribution in [3.8, 4) is 0 Å². The van der Waals surface area contributed by atoms with Gasteiger partial charge in [-0.3, -0.25) is 0 Å². The molecule has 0 aliphatic rings. The quantitative estimate of drug-likeness (QED) is 0.661. The van der Waals surface area contributed by atoms with E-state index in [4.69, 9.17) is 10.8 Å². The molecule has 1 rings (SSSR count). The van der Waals surface area contributed by atoms with Gasteiger partial charge in [-0.15, -0.1) is 0 Å². The van der Waals surface area contributed by atoms with Crippen LogP contribution in [0.2, 0.25) is 0 Å². The van der Waals surface area contributed by atoms with Crippen LogP contribution in [0.5, 0.6) is 0 Å². The number of aliphatic hydroxyl groups is 1. The van der Waals surface area contributed by atoms with Gasteiger partial charge in [0, 0.05) is 12.2 Å². The van der Waals surface area contributed by atoms with Crippen LogP contribution in [0.15, 0.2) is 23.2 Å². The molecule has 0 saturated heterocycles. The van der Waals surface area contributed by atoms with Crippen molar-refractivity contribution in [2.24, 2.45) is 0 Å². The predicted octanol–water partition coefficient (Wildman–Crippen LogP) is -0.287. The van der Waals surface area contributed by atoms with E-state index in [1.54, 1.807) is 6.92 Å². The number of anilines is 1. The van der Waals surface area contributed by atoms with Gasteiger partial charge < -0.3 is 10.8 Å². The van der Waals surface area contributed by atoms with Gasteiger partial charge in [-0.05, 0) is 18.6 Å². The van der Waals surface area contributed by atoms with E-state index >= 15 is 0 Å². The van der Waals surface area contributed by atoms with Gasteiger partial charge in [-0.2, -0.15) is 0 Å². The van der Waals surface area contributed by atoms with E-state index in [0.717, 1.165) is 0 Å². The van der Waals surface area contributed by atoms with Gasteiger partial charge in [-0.1, -0.05) is 6.92 Å². The van der Waals surface area contributed by atoms with E-state index in [2.05, 4.69) is 9.71 Å². The van der Waals surface area contributed by atoms with E-state index in [9.17, 15) is 8.42 Å². The van der Waals surface area contributed by atoms with Crippen LogP contribution in [0.3, 0.4) is 0 Å². The molecule has 0 bridgehead atoms. The maximum Gasteiger partial charge on any atom is 0.244 e. The van der Waals surface area contributed by atoms with E-state index in [1.165, 1.54) is 18.3 Å². The fourth-order valence-corrected chi connectivity index (χ4v) is 2.56. The highest BCUT2D eigenvalue weighted by atomic mass is 32.2. The highest BCUT2D eigenvalue weighted by Gasteiger charge is 2.21. The molecule has 1 aromatic heterocycles. The molecule has 1 aromatic rings. The molecule has 0 amide bonds. The maximum atomic E-state index is 11.8. The lowest BCUT2D eigenvalue weighted by Gasteiger charge is -2.14. The van der Waals surface area contributed by atoms with Gasteiger partial charge in [0.1, 0.15) is 10.7 Å². The normalized spacial score (nSPS) is 13.6. The van der Waals surface area contributed by atoms with Crippen molar-refractivity contribution >= 4 is 15.8 Å². The van der Waals surface area contributed by atoms with Gasteiger partial charge in [-0.25, -0.2) is 18.1 Å². The summed E-state index contributed by atoms with van der Waals surface area (Å²) < 4.78 is 26.0. The Labute approximate surface area is 94.6 Å². The zero-order valence-electron chi connectivity index (χ0n) is 8.92. The Kier molecular flexibility index (Phi) is 4.22. The number of hydrogen-bond acceptors (Lipinski definition) is 5. The first-order chi connectivity index (χ1) is 7.51. The second-order valence-electron chi connectivity index (χ2n) is 3.30. The summed E-state index contributed by atoms with van der Waals surface area (Å²) in [4.78, 5) is 3.63. The second kappa shape index (κ2) is 5.24. The van der Waals surface area contributed by atoms with E-state index in [-0.39, 0.29) is 17.3 Å². The number of nitrogens with two attached hydrogens (primary N) is 1. The van der Waals surface area contributed by atoms with Crippen LogP contribution in [-0.4, -0.2) is 31.2 Å². The summed E-state index contributed by atoms with van der Waals surface area (Å²) in [5.41, 5.74) is 5.47. The van der Waals surface area contributed by atoms with Crippen LogP contribution >= 0.6 is 0 Å². The zero-order valence-corrected chi connectivity index (χ0v) is 9.74. The highest BCUT2D eigenvalue weighted by molar-refractivity contribution is 7.89. The number of hydrogen-bond donors (Lipinski definition) is 3. The topological polar surface area (TPSA) is 105 Å². The Morgan fingerprint density at radius 2 is 2.31 bits per heavy atom. The van der Waals surface area contributed by atoms with Crippen molar-refractivity contribution in [2.75, 3.05) is 12.3 Å². The molecule has 4 N–H and O–H groups in total. The Morgan fingerprint density at radius 1 is 1.62 bits per heavy atom. The monoisotopic (exact) mass is 245 g/mol. The predicted molar refractivity (Wildman–Crippen MR) is 60.1 cm³/mol. The summed E-state index contributed by atoms with van der Waals surface area (Å²) in [6.45, 7) is 1.52. The molecule has 0 aliphatic carbocycles. The molecule has 0 aromatic carbocycles. The summed E-state index contributed by atoms with van der Waals surface area (Å²) >= 11 is 0. The van der Waals surface area contributed by atoms with Crippen molar-refractivity contribution in [3.05, 3.63) is 18.3 Å². The smallest absolute Gasteiger partial charge is 0.244 e. The lowest BCUT2D eigenvalue weighted by atomic mass is 10.3. The molecule has 6 nitrogen and oxygen atoms in total. The van der Waals surface area contributed by atoms with Crippen molar-refractivity contribution in [1.29, 1.82) is 0 Å². The van der Waals surface area contributed by atoms with Crippen molar-refractivity contribution in [2.45, 2.75) is 24.3 Å². The van der Waals surface area contributed by atoms with E-state index in [0.29, 0.717) is 6.42 Å². The summed E-state index contributed by atoms with van der Waals surface area (Å²) in [6.07, 6.45) is 1.91. The van der Waals surface area contributed by atoms with Gasteiger partial charge in [0.25, 0.3) is 0 Å². The molecule has 1 heterocycles. The first kappa shape index (κ1) is 12.9.